The Morgan fingerprint density at radius 3 is 2.76 bits per heavy atom. The van der Waals surface area contributed by atoms with Gasteiger partial charge in [0.25, 0.3) is 0 Å². The smallest absolute Gasteiger partial charge is 0.151 e. The van der Waals surface area contributed by atoms with Crippen molar-refractivity contribution in [2.24, 2.45) is 0 Å². The average Bonchev–Trinajstić information content (AvgIpc) is 2.62. The number of hydrogen-bond donors (Lipinski definition) is 1. The van der Waals surface area contributed by atoms with Crippen LogP contribution >= 0.6 is 0 Å². The van der Waals surface area contributed by atoms with Crippen molar-refractivity contribution in [3.05, 3.63) is 35.6 Å². The van der Waals surface area contributed by atoms with Crippen molar-refractivity contribution in [2.45, 2.75) is 18.9 Å². The Kier molecular flexibility index (Phi) is 5.72. The van der Waals surface area contributed by atoms with Crippen molar-refractivity contribution in [1.29, 1.82) is 0 Å². The Hall–Kier alpha value is -0.980. The number of hydrogen-bond acceptors (Lipinski definition) is 4. The van der Waals surface area contributed by atoms with Crippen LogP contribution < -0.4 is 5.32 Å². The molecule has 1 aromatic carbocycles. The summed E-state index contributed by atoms with van der Waals surface area (Å²) in [7, 11) is -1.05. The van der Waals surface area contributed by atoms with Crippen LogP contribution in [0.25, 0.3) is 0 Å². The first-order valence-electron chi connectivity index (χ1n) is 7.36. The lowest BCUT2D eigenvalue weighted by Gasteiger charge is -2.23. The third-order valence-electron chi connectivity index (χ3n) is 4.01. The van der Waals surface area contributed by atoms with Gasteiger partial charge in [-0.05, 0) is 39.0 Å². The van der Waals surface area contributed by atoms with Crippen LogP contribution in [0.4, 0.5) is 4.39 Å². The zero-order chi connectivity index (χ0) is 15.3. The van der Waals surface area contributed by atoms with Gasteiger partial charge in [-0.25, -0.2) is 12.8 Å². The van der Waals surface area contributed by atoms with Gasteiger partial charge in [-0.2, -0.15) is 0 Å². The molecule has 0 aromatic heterocycles. The zero-order valence-electron chi connectivity index (χ0n) is 12.4. The Morgan fingerprint density at radius 2 is 2.05 bits per heavy atom. The Balaban J connectivity index is 1.93. The van der Waals surface area contributed by atoms with Gasteiger partial charge in [0.2, 0.25) is 0 Å². The van der Waals surface area contributed by atoms with Gasteiger partial charge < -0.3 is 10.2 Å². The third-order valence-corrected chi connectivity index (χ3v) is 5.73. The van der Waals surface area contributed by atoms with Crippen molar-refractivity contribution in [3.8, 4) is 0 Å². The van der Waals surface area contributed by atoms with E-state index in [1.54, 1.807) is 12.1 Å². The van der Waals surface area contributed by atoms with E-state index in [4.69, 9.17) is 0 Å². The first-order valence-corrected chi connectivity index (χ1v) is 9.18. The monoisotopic (exact) mass is 314 g/mol. The molecule has 6 heteroatoms. The third kappa shape index (κ3) is 4.76. The lowest BCUT2D eigenvalue weighted by Crippen LogP contribution is -2.31. The molecule has 0 spiro atoms. The second kappa shape index (κ2) is 7.33. The summed E-state index contributed by atoms with van der Waals surface area (Å²) in [4.78, 5) is 2.16. The van der Waals surface area contributed by atoms with Gasteiger partial charge in [0.1, 0.15) is 5.82 Å². The Bertz CT molecular complexity index is 563. The van der Waals surface area contributed by atoms with Crippen LogP contribution in [0.5, 0.6) is 0 Å². The number of nitrogens with one attached hydrogen (secondary N) is 1. The molecule has 0 aliphatic carbocycles. The molecule has 4 nitrogen and oxygen atoms in total. The van der Waals surface area contributed by atoms with E-state index in [2.05, 4.69) is 10.2 Å². The molecule has 0 saturated carbocycles. The van der Waals surface area contributed by atoms with Gasteiger partial charge in [0.15, 0.2) is 9.84 Å². The highest BCUT2D eigenvalue weighted by Gasteiger charge is 2.20. The first-order chi connectivity index (χ1) is 10.0. The normalized spacial score (nSPS) is 20.9. The molecule has 1 N–H and O–H groups in total. The summed E-state index contributed by atoms with van der Waals surface area (Å²) in [6.45, 7) is 2.15. The fourth-order valence-electron chi connectivity index (χ4n) is 2.74. The number of sulfone groups is 1. The highest BCUT2D eigenvalue weighted by molar-refractivity contribution is 7.91. The van der Waals surface area contributed by atoms with Crippen molar-refractivity contribution < 1.29 is 12.8 Å². The van der Waals surface area contributed by atoms with E-state index < -0.39 is 9.84 Å². The summed E-state index contributed by atoms with van der Waals surface area (Å²) in [6, 6.07) is 6.74. The quantitative estimate of drug-likeness (QED) is 0.897. The summed E-state index contributed by atoms with van der Waals surface area (Å²) in [6.07, 6.45) is 1.45. The van der Waals surface area contributed by atoms with E-state index in [0.29, 0.717) is 18.5 Å². The summed E-state index contributed by atoms with van der Waals surface area (Å²) in [5.41, 5.74) is 0.669. The molecule has 0 bridgehead atoms. The zero-order valence-corrected chi connectivity index (χ0v) is 13.2. The van der Waals surface area contributed by atoms with Crippen molar-refractivity contribution in [2.75, 3.05) is 38.2 Å². The van der Waals surface area contributed by atoms with Crippen molar-refractivity contribution in [3.63, 3.8) is 0 Å². The predicted molar refractivity (Wildman–Crippen MR) is 82.5 cm³/mol. The molecule has 1 aliphatic rings. The molecule has 1 unspecified atom stereocenters. The first kappa shape index (κ1) is 16.4. The van der Waals surface area contributed by atoms with Gasteiger partial charge in [-0.15, -0.1) is 0 Å². The summed E-state index contributed by atoms with van der Waals surface area (Å²) in [5.74, 6) is 0.318. The fourth-order valence-corrected chi connectivity index (χ4v) is 4.05. The van der Waals surface area contributed by atoms with Crippen molar-refractivity contribution in [1.82, 2.24) is 10.2 Å². The summed E-state index contributed by atoms with van der Waals surface area (Å²) in [5, 5.41) is 3.15. The molecule has 1 fully saturated rings. The van der Waals surface area contributed by atoms with Gasteiger partial charge in [0.05, 0.1) is 11.5 Å². The fraction of sp³-hybridized carbons (Fsp3) is 0.600. The van der Waals surface area contributed by atoms with Crippen LogP contribution in [0.3, 0.4) is 0 Å². The Morgan fingerprint density at radius 1 is 1.29 bits per heavy atom. The minimum Gasteiger partial charge on any atom is -0.313 e. The van der Waals surface area contributed by atoms with Gasteiger partial charge >= 0.3 is 0 Å². The molecule has 1 heterocycles. The van der Waals surface area contributed by atoms with E-state index >= 15 is 0 Å². The minimum atomic E-state index is -2.87. The van der Waals surface area contributed by atoms with E-state index in [0.717, 1.165) is 19.5 Å². The van der Waals surface area contributed by atoms with E-state index in [1.165, 1.54) is 6.07 Å². The highest BCUT2D eigenvalue weighted by Crippen LogP contribution is 2.20. The van der Waals surface area contributed by atoms with E-state index in [-0.39, 0.29) is 23.4 Å². The topological polar surface area (TPSA) is 49.4 Å². The van der Waals surface area contributed by atoms with Crippen molar-refractivity contribution >= 4 is 9.84 Å². The molecular formula is C15H23FN2O2S. The predicted octanol–water partition coefficient (Wildman–Crippen LogP) is 1.60. The van der Waals surface area contributed by atoms with Crippen LogP contribution in [-0.2, 0) is 9.84 Å². The van der Waals surface area contributed by atoms with E-state index in [1.807, 2.05) is 13.1 Å². The van der Waals surface area contributed by atoms with Crippen LogP contribution in [0, 0.1) is 5.82 Å². The SMILES string of the molecule is CNC(CCN1CCCS(=O)(=O)CC1)c1ccccc1F. The second-order valence-corrected chi connectivity index (χ2v) is 7.80. The number of halogens is 1. The molecule has 1 atom stereocenters. The molecule has 0 amide bonds. The molecule has 1 aromatic rings. The molecule has 1 aliphatic heterocycles. The maximum Gasteiger partial charge on any atom is 0.151 e. The molecule has 118 valence electrons. The number of benzene rings is 1. The maximum atomic E-state index is 13.8. The second-order valence-electron chi connectivity index (χ2n) is 5.50. The Labute approximate surface area is 126 Å². The minimum absolute atomic E-state index is 0.0499. The van der Waals surface area contributed by atoms with Gasteiger partial charge in [-0.1, -0.05) is 18.2 Å². The lowest BCUT2D eigenvalue weighted by molar-refractivity contribution is 0.276. The molecule has 2 rings (SSSR count). The highest BCUT2D eigenvalue weighted by atomic mass is 32.2. The molecule has 0 radical (unpaired) electrons. The number of nitrogens with zero attached hydrogens (tertiary/aromatic N) is 1. The van der Waals surface area contributed by atoms with E-state index in [9.17, 15) is 12.8 Å². The molecule has 1 saturated heterocycles. The molecule has 21 heavy (non-hydrogen) atoms. The largest absolute Gasteiger partial charge is 0.313 e. The lowest BCUT2D eigenvalue weighted by atomic mass is 10.0. The summed E-state index contributed by atoms with van der Waals surface area (Å²) >= 11 is 0. The average molecular weight is 314 g/mol. The van der Waals surface area contributed by atoms with Crippen LogP contribution in [0.2, 0.25) is 0 Å². The maximum absolute atomic E-state index is 13.8. The van der Waals surface area contributed by atoms with Gasteiger partial charge in [0, 0.05) is 18.2 Å². The summed E-state index contributed by atoms with van der Waals surface area (Å²) < 4.78 is 37.0. The van der Waals surface area contributed by atoms with Crippen LogP contribution in [-0.4, -0.2) is 51.5 Å². The molecular weight excluding hydrogens is 291 g/mol. The van der Waals surface area contributed by atoms with Crippen LogP contribution in [0.15, 0.2) is 24.3 Å². The van der Waals surface area contributed by atoms with Gasteiger partial charge in [-0.3, -0.25) is 0 Å². The standard InChI is InChI=1S/C15H23FN2O2S/c1-17-15(13-5-2-3-6-14(13)16)7-9-18-8-4-11-21(19,20)12-10-18/h2-3,5-6,15,17H,4,7-12H2,1H3. The van der Waals surface area contributed by atoms with Crippen LogP contribution in [0.1, 0.15) is 24.4 Å². The number of rotatable bonds is 5.